The zero-order valence-corrected chi connectivity index (χ0v) is 16.8. The van der Waals surface area contributed by atoms with Crippen LogP contribution in [0, 0.1) is 10.5 Å². The molecule has 0 fully saturated rings. The van der Waals surface area contributed by atoms with Crippen molar-refractivity contribution in [2.45, 2.75) is 19.0 Å². The number of thioether (sulfide) groups is 1. The van der Waals surface area contributed by atoms with Gasteiger partial charge in [0.2, 0.25) is 5.16 Å². The number of aromatic nitrogens is 3. The minimum atomic E-state index is -0.374. The quantitative estimate of drug-likeness (QED) is 0.397. The molecule has 0 bridgehead atoms. The summed E-state index contributed by atoms with van der Waals surface area (Å²) < 4.78 is 2.54. The number of hydrogen-bond donors (Lipinski definition) is 2. The molecule has 1 heterocycles. The Morgan fingerprint density at radius 1 is 1.48 bits per heavy atom. The van der Waals surface area contributed by atoms with Gasteiger partial charge >= 0.3 is 0 Å². The second-order valence-corrected chi connectivity index (χ2v) is 7.61. The summed E-state index contributed by atoms with van der Waals surface area (Å²) in [5.74, 6) is 1.11. The lowest BCUT2D eigenvalue weighted by Gasteiger charge is -2.13. The second-order valence-electron chi connectivity index (χ2n) is 4.32. The molecule has 2 rings (SSSR count). The highest BCUT2D eigenvalue weighted by Crippen LogP contribution is 2.19. The molecule has 0 atom stereocenters. The molecule has 0 saturated heterocycles. The van der Waals surface area contributed by atoms with Crippen LogP contribution in [0.3, 0.4) is 0 Å². The smallest absolute Gasteiger partial charge is 0.258 e. The maximum atomic E-state index is 12.3. The van der Waals surface area contributed by atoms with Gasteiger partial charge in [0.15, 0.2) is 5.11 Å². The molecular weight excluding hydrogens is 469 g/mol. The number of nitrogens with zero attached hydrogens (tertiary/aromatic N) is 3. The van der Waals surface area contributed by atoms with Gasteiger partial charge < -0.3 is 0 Å². The van der Waals surface area contributed by atoms with Crippen LogP contribution in [0.4, 0.5) is 0 Å². The van der Waals surface area contributed by atoms with Crippen LogP contribution in [0.25, 0.3) is 0 Å². The normalized spacial score (nSPS) is 10.4. The second kappa shape index (κ2) is 8.27. The van der Waals surface area contributed by atoms with Crippen LogP contribution in [0.2, 0.25) is 5.02 Å². The van der Waals surface area contributed by atoms with Crippen molar-refractivity contribution in [1.29, 1.82) is 0 Å². The fraction of sp³-hybridized carbons (Fsp3) is 0.231. The van der Waals surface area contributed by atoms with Gasteiger partial charge in [-0.2, -0.15) is 0 Å². The summed E-state index contributed by atoms with van der Waals surface area (Å²) in [7, 11) is 0. The van der Waals surface area contributed by atoms with E-state index in [1.165, 1.54) is 11.8 Å². The average molecular weight is 482 g/mol. The van der Waals surface area contributed by atoms with E-state index in [0.29, 0.717) is 21.6 Å². The van der Waals surface area contributed by atoms with E-state index in [1.807, 2.05) is 13.0 Å². The SMILES string of the molecule is CCSc1nnc(C)n1NC(=S)NC(=O)c1cc(I)ccc1Cl. The van der Waals surface area contributed by atoms with E-state index >= 15 is 0 Å². The Morgan fingerprint density at radius 3 is 2.91 bits per heavy atom. The van der Waals surface area contributed by atoms with Crippen LogP contribution in [0.15, 0.2) is 23.4 Å². The van der Waals surface area contributed by atoms with E-state index < -0.39 is 0 Å². The molecule has 0 unspecified atom stereocenters. The van der Waals surface area contributed by atoms with Crippen LogP contribution in [-0.2, 0) is 0 Å². The van der Waals surface area contributed by atoms with Crippen molar-refractivity contribution in [3.63, 3.8) is 0 Å². The number of carbonyl (C=O) groups is 1. The molecule has 0 aliphatic rings. The van der Waals surface area contributed by atoms with E-state index in [-0.39, 0.29) is 11.0 Å². The van der Waals surface area contributed by atoms with Crippen LogP contribution in [0.5, 0.6) is 0 Å². The van der Waals surface area contributed by atoms with Gasteiger partial charge in [-0.15, -0.1) is 10.2 Å². The summed E-state index contributed by atoms with van der Waals surface area (Å²) in [6.45, 7) is 3.80. The van der Waals surface area contributed by atoms with E-state index in [1.54, 1.807) is 23.7 Å². The van der Waals surface area contributed by atoms with Gasteiger partial charge in [0.25, 0.3) is 5.91 Å². The Balaban J connectivity index is 2.09. The molecule has 1 aromatic carbocycles. The summed E-state index contributed by atoms with van der Waals surface area (Å²) in [5, 5.41) is 11.8. The molecule has 10 heteroatoms. The van der Waals surface area contributed by atoms with Gasteiger partial charge in [0, 0.05) is 3.57 Å². The number of aryl methyl sites for hydroxylation is 1. The third kappa shape index (κ3) is 4.78. The maximum Gasteiger partial charge on any atom is 0.258 e. The topological polar surface area (TPSA) is 71.8 Å². The Hall–Kier alpha value is -0.910. The lowest BCUT2D eigenvalue weighted by Crippen LogP contribution is -2.38. The highest BCUT2D eigenvalue weighted by molar-refractivity contribution is 14.1. The Kier molecular flexibility index (Phi) is 6.62. The summed E-state index contributed by atoms with van der Waals surface area (Å²) in [6, 6.07) is 5.20. The van der Waals surface area contributed by atoms with Gasteiger partial charge in [0.1, 0.15) is 5.82 Å². The number of rotatable bonds is 4. The predicted octanol–water partition coefficient (Wildman–Crippen LogP) is 3.21. The zero-order chi connectivity index (χ0) is 17.0. The first kappa shape index (κ1) is 18.4. The Morgan fingerprint density at radius 2 is 2.22 bits per heavy atom. The van der Waals surface area contributed by atoms with Gasteiger partial charge in [-0.25, -0.2) is 4.68 Å². The molecule has 0 spiro atoms. The highest BCUT2D eigenvalue weighted by atomic mass is 127. The molecule has 2 aromatic rings. The fourth-order valence-electron chi connectivity index (χ4n) is 1.67. The van der Waals surface area contributed by atoms with Gasteiger partial charge in [-0.1, -0.05) is 30.3 Å². The number of benzene rings is 1. The number of amides is 1. The average Bonchev–Trinajstić information content (AvgIpc) is 2.83. The van der Waals surface area contributed by atoms with Crippen molar-refractivity contribution < 1.29 is 4.79 Å². The number of thiocarbonyl (C=S) groups is 1. The van der Waals surface area contributed by atoms with Crippen molar-refractivity contribution in [3.8, 4) is 0 Å². The van der Waals surface area contributed by atoms with E-state index in [2.05, 4.69) is 43.5 Å². The summed E-state index contributed by atoms with van der Waals surface area (Å²) in [5.41, 5.74) is 3.27. The first-order chi connectivity index (χ1) is 10.9. The predicted molar refractivity (Wildman–Crippen MR) is 105 cm³/mol. The lowest BCUT2D eigenvalue weighted by atomic mass is 10.2. The van der Waals surface area contributed by atoms with Gasteiger partial charge in [0.05, 0.1) is 10.6 Å². The zero-order valence-electron chi connectivity index (χ0n) is 12.3. The minimum absolute atomic E-state index is 0.144. The van der Waals surface area contributed by atoms with Crippen LogP contribution < -0.4 is 10.7 Å². The molecule has 0 aliphatic carbocycles. The van der Waals surface area contributed by atoms with E-state index in [4.69, 9.17) is 23.8 Å². The lowest BCUT2D eigenvalue weighted by molar-refractivity contribution is 0.0977. The van der Waals surface area contributed by atoms with Crippen LogP contribution in [0.1, 0.15) is 23.1 Å². The Bertz CT molecular complexity index is 752. The van der Waals surface area contributed by atoms with Crippen molar-refractivity contribution in [2.24, 2.45) is 0 Å². The molecule has 1 amide bonds. The van der Waals surface area contributed by atoms with Crippen molar-refractivity contribution in [1.82, 2.24) is 20.2 Å². The van der Waals surface area contributed by atoms with Crippen molar-refractivity contribution >= 4 is 69.2 Å². The van der Waals surface area contributed by atoms with Crippen LogP contribution in [-0.4, -0.2) is 31.6 Å². The highest BCUT2D eigenvalue weighted by Gasteiger charge is 2.14. The van der Waals surface area contributed by atoms with Crippen LogP contribution >= 0.6 is 58.2 Å². The summed E-state index contributed by atoms with van der Waals surface area (Å²) >= 11 is 14.9. The fourth-order valence-corrected chi connectivity index (χ4v) is 3.21. The van der Waals surface area contributed by atoms with E-state index in [9.17, 15) is 4.79 Å². The number of nitrogens with one attached hydrogen (secondary N) is 2. The Labute approximate surface area is 161 Å². The number of carbonyl (C=O) groups excluding carboxylic acids is 1. The number of halogens is 2. The molecule has 122 valence electrons. The molecule has 0 saturated carbocycles. The molecule has 0 aliphatic heterocycles. The first-order valence-corrected chi connectivity index (χ1v) is 9.39. The molecule has 6 nitrogen and oxygen atoms in total. The third-order valence-electron chi connectivity index (χ3n) is 2.68. The summed E-state index contributed by atoms with van der Waals surface area (Å²) in [4.78, 5) is 12.3. The molecule has 1 aromatic heterocycles. The number of hydrogen-bond acceptors (Lipinski definition) is 5. The standard InChI is InChI=1S/C13H13ClIN5OS2/c1-3-23-13-18-17-7(2)20(13)19-12(22)16-11(21)9-6-8(15)4-5-10(9)14/h4-6H,3H2,1-2H3,(H2,16,19,21,22). The molecule has 2 N–H and O–H groups in total. The van der Waals surface area contributed by atoms with Crippen molar-refractivity contribution in [2.75, 3.05) is 11.2 Å². The largest absolute Gasteiger partial charge is 0.298 e. The monoisotopic (exact) mass is 481 g/mol. The first-order valence-electron chi connectivity index (χ1n) is 6.54. The molecular formula is C13H13ClIN5OS2. The summed E-state index contributed by atoms with van der Waals surface area (Å²) in [6.07, 6.45) is 0. The minimum Gasteiger partial charge on any atom is -0.298 e. The van der Waals surface area contributed by atoms with Gasteiger partial charge in [-0.3, -0.25) is 15.5 Å². The van der Waals surface area contributed by atoms with Crippen molar-refractivity contribution in [3.05, 3.63) is 38.2 Å². The van der Waals surface area contributed by atoms with E-state index in [0.717, 1.165) is 9.32 Å². The third-order valence-corrected chi connectivity index (χ3v) is 4.69. The van der Waals surface area contributed by atoms with Gasteiger partial charge in [-0.05, 0) is 65.7 Å². The molecule has 0 radical (unpaired) electrons. The maximum absolute atomic E-state index is 12.3. The molecule has 23 heavy (non-hydrogen) atoms.